The highest BCUT2D eigenvalue weighted by molar-refractivity contribution is 7.99. The van der Waals surface area contributed by atoms with Crippen molar-refractivity contribution in [2.45, 2.75) is 24.8 Å². The van der Waals surface area contributed by atoms with Gasteiger partial charge in [-0.2, -0.15) is 5.26 Å². The van der Waals surface area contributed by atoms with Crippen LogP contribution in [0.25, 0.3) is 0 Å². The van der Waals surface area contributed by atoms with Crippen LogP contribution in [0.3, 0.4) is 0 Å². The fourth-order valence-electron chi connectivity index (χ4n) is 1.70. The Bertz CT molecular complexity index is 451. The quantitative estimate of drug-likeness (QED) is 0.814. The minimum absolute atomic E-state index is 0.0938. The van der Waals surface area contributed by atoms with Gasteiger partial charge in [-0.1, -0.05) is 6.07 Å². The van der Waals surface area contributed by atoms with E-state index in [4.69, 9.17) is 5.26 Å². The van der Waals surface area contributed by atoms with Crippen LogP contribution in [0.4, 0.5) is 4.39 Å². The topological polar surface area (TPSA) is 35.8 Å². The molecule has 1 saturated heterocycles. The smallest absolute Gasteiger partial charge is 0.140 e. The molecule has 2 nitrogen and oxygen atoms in total. The van der Waals surface area contributed by atoms with Crippen molar-refractivity contribution >= 4 is 11.8 Å². The molecule has 1 aliphatic rings. The highest BCUT2D eigenvalue weighted by Gasteiger charge is 2.31. The molecule has 1 fully saturated rings. The lowest BCUT2D eigenvalue weighted by molar-refractivity contribution is 0.451. The summed E-state index contributed by atoms with van der Waals surface area (Å²) in [7, 11) is 0. The van der Waals surface area contributed by atoms with E-state index < -0.39 is 5.82 Å². The van der Waals surface area contributed by atoms with E-state index >= 15 is 0 Å². The SMILES string of the molecule is CC1(C)CSC(c2ccc(F)c(C#N)c2)N1. The van der Waals surface area contributed by atoms with E-state index in [1.807, 2.05) is 6.07 Å². The molecule has 0 amide bonds. The Kier molecular flexibility index (Phi) is 2.92. The number of benzene rings is 1. The largest absolute Gasteiger partial charge is 0.296 e. The molecule has 1 aromatic carbocycles. The van der Waals surface area contributed by atoms with Gasteiger partial charge in [0.05, 0.1) is 10.9 Å². The van der Waals surface area contributed by atoms with Gasteiger partial charge in [0.1, 0.15) is 11.9 Å². The first-order chi connectivity index (χ1) is 7.52. The van der Waals surface area contributed by atoms with Crippen molar-refractivity contribution in [3.8, 4) is 6.07 Å². The Hall–Kier alpha value is -1.05. The van der Waals surface area contributed by atoms with Crippen LogP contribution in [0.1, 0.15) is 30.3 Å². The van der Waals surface area contributed by atoms with Crippen LogP contribution < -0.4 is 5.32 Å². The van der Waals surface area contributed by atoms with Crippen LogP contribution in [0.2, 0.25) is 0 Å². The molecule has 1 N–H and O–H groups in total. The average Bonchev–Trinajstić information content (AvgIpc) is 2.59. The Labute approximate surface area is 98.8 Å². The van der Waals surface area contributed by atoms with Crippen molar-refractivity contribution in [3.05, 3.63) is 35.1 Å². The van der Waals surface area contributed by atoms with Gasteiger partial charge in [0.2, 0.25) is 0 Å². The van der Waals surface area contributed by atoms with Gasteiger partial charge < -0.3 is 0 Å². The van der Waals surface area contributed by atoms with Crippen LogP contribution in [0.5, 0.6) is 0 Å². The monoisotopic (exact) mass is 236 g/mol. The highest BCUT2D eigenvalue weighted by Crippen LogP contribution is 2.37. The lowest BCUT2D eigenvalue weighted by Gasteiger charge is -2.19. The summed E-state index contributed by atoms with van der Waals surface area (Å²) < 4.78 is 13.2. The van der Waals surface area contributed by atoms with E-state index in [0.717, 1.165) is 11.3 Å². The second-order valence-electron chi connectivity index (χ2n) is 4.57. The molecule has 0 aromatic heterocycles. The standard InChI is InChI=1S/C12H13FN2S/c1-12(2)7-16-11(15-12)8-3-4-10(13)9(5-8)6-14/h3-5,11,15H,7H2,1-2H3. The lowest BCUT2D eigenvalue weighted by atomic mass is 10.1. The Morgan fingerprint density at radius 1 is 1.56 bits per heavy atom. The number of nitriles is 1. The minimum Gasteiger partial charge on any atom is -0.296 e. The molecule has 1 aromatic rings. The first kappa shape index (κ1) is 11.4. The molecule has 2 rings (SSSR count). The number of hydrogen-bond donors (Lipinski definition) is 1. The van der Waals surface area contributed by atoms with Crippen LogP contribution in [0.15, 0.2) is 18.2 Å². The van der Waals surface area contributed by atoms with Crippen LogP contribution in [0, 0.1) is 17.1 Å². The van der Waals surface area contributed by atoms with Gasteiger partial charge in [-0.05, 0) is 31.5 Å². The Morgan fingerprint density at radius 2 is 2.31 bits per heavy atom. The maximum absolute atomic E-state index is 13.2. The zero-order chi connectivity index (χ0) is 11.8. The predicted molar refractivity (Wildman–Crippen MR) is 63.5 cm³/mol. The molecule has 1 aliphatic heterocycles. The van der Waals surface area contributed by atoms with Gasteiger partial charge in [-0.25, -0.2) is 4.39 Å². The summed E-state index contributed by atoms with van der Waals surface area (Å²) in [6, 6.07) is 6.60. The molecular weight excluding hydrogens is 223 g/mol. The lowest BCUT2D eigenvalue weighted by Crippen LogP contribution is -2.35. The van der Waals surface area contributed by atoms with Crippen molar-refractivity contribution < 1.29 is 4.39 Å². The van der Waals surface area contributed by atoms with Gasteiger partial charge in [-0.3, -0.25) is 5.32 Å². The van der Waals surface area contributed by atoms with E-state index in [-0.39, 0.29) is 16.5 Å². The molecular formula is C12H13FN2S. The summed E-state index contributed by atoms with van der Waals surface area (Å²) in [4.78, 5) is 0. The third-order valence-corrected chi connectivity index (χ3v) is 4.16. The van der Waals surface area contributed by atoms with Crippen molar-refractivity contribution in [1.29, 1.82) is 5.26 Å². The van der Waals surface area contributed by atoms with E-state index in [1.165, 1.54) is 6.07 Å². The second-order valence-corrected chi connectivity index (χ2v) is 5.66. The zero-order valence-electron chi connectivity index (χ0n) is 9.25. The number of hydrogen-bond acceptors (Lipinski definition) is 3. The molecule has 0 spiro atoms. The zero-order valence-corrected chi connectivity index (χ0v) is 10.1. The van der Waals surface area contributed by atoms with Crippen molar-refractivity contribution in [2.24, 2.45) is 0 Å². The van der Waals surface area contributed by atoms with Crippen molar-refractivity contribution in [1.82, 2.24) is 5.32 Å². The van der Waals surface area contributed by atoms with Crippen LogP contribution >= 0.6 is 11.8 Å². The van der Waals surface area contributed by atoms with Gasteiger partial charge in [0, 0.05) is 11.3 Å². The molecule has 1 unspecified atom stereocenters. The predicted octanol–water partition coefficient (Wildman–Crippen LogP) is 2.81. The van der Waals surface area contributed by atoms with Crippen LogP contribution in [-0.2, 0) is 0 Å². The third-order valence-electron chi connectivity index (χ3n) is 2.55. The maximum atomic E-state index is 13.2. The molecule has 0 aliphatic carbocycles. The third kappa shape index (κ3) is 2.21. The average molecular weight is 236 g/mol. The van der Waals surface area contributed by atoms with Gasteiger partial charge >= 0.3 is 0 Å². The summed E-state index contributed by atoms with van der Waals surface area (Å²) in [6.07, 6.45) is 0. The molecule has 0 bridgehead atoms. The second kappa shape index (κ2) is 4.08. The van der Waals surface area contributed by atoms with Crippen molar-refractivity contribution in [2.75, 3.05) is 5.75 Å². The number of nitrogens with zero attached hydrogens (tertiary/aromatic N) is 1. The summed E-state index contributed by atoms with van der Waals surface area (Å²) in [5, 5.41) is 12.4. The van der Waals surface area contributed by atoms with E-state index in [9.17, 15) is 4.39 Å². The maximum Gasteiger partial charge on any atom is 0.140 e. The fraction of sp³-hybridized carbons (Fsp3) is 0.417. The molecule has 4 heteroatoms. The number of halogens is 1. The van der Waals surface area contributed by atoms with Crippen molar-refractivity contribution in [3.63, 3.8) is 0 Å². The number of thioether (sulfide) groups is 1. The number of nitrogens with one attached hydrogen (secondary N) is 1. The number of rotatable bonds is 1. The normalized spacial score (nSPS) is 23.0. The van der Waals surface area contributed by atoms with E-state index in [1.54, 1.807) is 23.9 Å². The van der Waals surface area contributed by atoms with Gasteiger partial charge in [0.25, 0.3) is 0 Å². The fourth-order valence-corrected chi connectivity index (χ4v) is 3.11. The molecule has 0 radical (unpaired) electrons. The van der Waals surface area contributed by atoms with Gasteiger partial charge in [0.15, 0.2) is 0 Å². The van der Waals surface area contributed by atoms with Gasteiger partial charge in [-0.15, -0.1) is 11.8 Å². The van der Waals surface area contributed by atoms with E-state index in [0.29, 0.717) is 0 Å². The summed E-state index contributed by atoms with van der Waals surface area (Å²) >= 11 is 1.78. The molecule has 84 valence electrons. The van der Waals surface area contributed by atoms with Crippen LogP contribution in [-0.4, -0.2) is 11.3 Å². The molecule has 0 saturated carbocycles. The summed E-state index contributed by atoms with van der Waals surface area (Å²) in [5.74, 6) is 0.560. The first-order valence-electron chi connectivity index (χ1n) is 5.11. The molecule has 1 heterocycles. The highest BCUT2D eigenvalue weighted by atomic mass is 32.2. The Morgan fingerprint density at radius 3 is 2.88 bits per heavy atom. The molecule has 16 heavy (non-hydrogen) atoms. The minimum atomic E-state index is -0.450. The Balaban J connectivity index is 2.26. The first-order valence-corrected chi connectivity index (χ1v) is 6.15. The summed E-state index contributed by atoms with van der Waals surface area (Å²) in [5.41, 5.74) is 1.18. The summed E-state index contributed by atoms with van der Waals surface area (Å²) in [6.45, 7) is 4.27. The molecule has 1 atom stereocenters. The van der Waals surface area contributed by atoms with E-state index in [2.05, 4.69) is 19.2 Å².